The quantitative estimate of drug-likeness (QED) is 0.508. The summed E-state index contributed by atoms with van der Waals surface area (Å²) in [7, 11) is 0. The van der Waals surface area contributed by atoms with Gasteiger partial charge in [0.15, 0.2) is 0 Å². The van der Waals surface area contributed by atoms with Crippen LogP contribution in [0.2, 0.25) is 0 Å². The molecule has 0 unspecified atom stereocenters. The molecule has 0 amide bonds. The van der Waals surface area contributed by atoms with E-state index in [0.717, 1.165) is 18.2 Å². The molecule has 0 radical (unpaired) electrons. The van der Waals surface area contributed by atoms with Crippen molar-refractivity contribution in [2.45, 2.75) is 12.7 Å². The molecule has 0 saturated carbocycles. The van der Waals surface area contributed by atoms with Gasteiger partial charge in [0, 0.05) is 18.2 Å². The first-order valence-electron chi connectivity index (χ1n) is 4.50. The standard InChI is InChI=1S/C9H8F4N2O2/c10-7-1-2-8(15(16)17)6(3-7)4-14-5-9(11,12)13/h1-3,14H,4-5H2. The van der Waals surface area contributed by atoms with Gasteiger partial charge in [0.25, 0.3) is 5.69 Å². The molecule has 0 aliphatic rings. The highest BCUT2D eigenvalue weighted by Crippen LogP contribution is 2.20. The van der Waals surface area contributed by atoms with Gasteiger partial charge in [-0.15, -0.1) is 0 Å². The van der Waals surface area contributed by atoms with E-state index in [0.29, 0.717) is 0 Å². The minimum absolute atomic E-state index is 0.126. The predicted octanol–water partition coefficient (Wildman–Crippen LogP) is 2.39. The maximum absolute atomic E-state index is 12.8. The van der Waals surface area contributed by atoms with Crippen LogP contribution in [0.4, 0.5) is 23.2 Å². The van der Waals surface area contributed by atoms with Crippen molar-refractivity contribution in [1.82, 2.24) is 5.32 Å². The summed E-state index contributed by atoms with van der Waals surface area (Å²) in [5.41, 5.74) is -0.541. The van der Waals surface area contributed by atoms with Gasteiger partial charge in [-0.2, -0.15) is 13.2 Å². The number of nitrogens with one attached hydrogen (secondary N) is 1. The predicted molar refractivity (Wildman–Crippen MR) is 50.8 cm³/mol. The molecule has 1 N–H and O–H groups in total. The first-order valence-corrected chi connectivity index (χ1v) is 4.50. The van der Waals surface area contributed by atoms with E-state index in [1.54, 1.807) is 0 Å². The van der Waals surface area contributed by atoms with Crippen LogP contribution in [0.25, 0.3) is 0 Å². The molecule has 0 bridgehead atoms. The molecule has 0 heterocycles. The Morgan fingerprint density at radius 1 is 1.35 bits per heavy atom. The SMILES string of the molecule is O=[N+]([O-])c1ccc(F)cc1CNCC(F)(F)F. The molecule has 8 heteroatoms. The second-order valence-electron chi connectivity index (χ2n) is 3.25. The summed E-state index contributed by atoms with van der Waals surface area (Å²) >= 11 is 0. The molecule has 1 aromatic rings. The van der Waals surface area contributed by atoms with Crippen LogP contribution < -0.4 is 5.32 Å². The van der Waals surface area contributed by atoms with Crippen molar-refractivity contribution < 1.29 is 22.5 Å². The Bertz CT molecular complexity index is 420. The molecule has 0 aliphatic carbocycles. The number of benzene rings is 1. The lowest BCUT2D eigenvalue weighted by Gasteiger charge is -2.08. The number of halogens is 4. The summed E-state index contributed by atoms with van der Waals surface area (Å²) in [5.74, 6) is -0.737. The molecule has 0 aromatic heterocycles. The third kappa shape index (κ3) is 4.35. The number of hydrogen-bond acceptors (Lipinski definition) is 3. The molecule has 0 fully saturated rings. The monoisotopic (exact) mass is 252 g/mol. The maximum atomic E-state index is 12.8. The Morgan fingerprint density at radius 2 is 2.00 bits per heavy atom. The van der Waals surface area contributed by atoms with E-state index in [1.807, 2.05) is 5.32 Å². The highest BCUT2D eigenvalue weighted by atomic mass is 19.4. The van der Waals surface area contributed by atoms with Crippen LogP contribution in [-0.4, -0.2) is 17.6 Å². The van der Waals surface area contributed by atoms with Crippen molar-refractivity contribution in [2.75, 3.05) is 6.54 Å². The topological polar surface area (TPSA) is 55.2 Å². The van der Waals surface area contributed by atoms with E-state index in [2.05, 4.69) is 0 Å². The lowest BCUT2D eigenvalue weighted by atomic mass is 10.1. The Hall–Kier alpha value is -1.70. The fraction of sp³-hybridized carbons (Fsp3) is 0.333. The molecule has 94 valence electrons. The van der Waals surface area contributed by atoms with Crippen LogP contribution >= 0.6 is 0 Å². The minimum atomic E-state index is -4.41. The van der Waals surface area contributed by atoms with Gasteiger partial charge < -0.3 is 5.32 Å². The number of alkyl halides is 3. The maximum Gasteiger partial charge on any atom is 0.401 e. The van der Waals surface area contributed by atoms with Crippen LogP contribution in [-0.2, 0) is 6.54 Å². The van der Waals surface area contributed by atoms with Crippen molar-refractivity contribution in [3.05, 3.63) is 39.7 Å². The van der Waals surface area contributed by atoms with Crippen LogP contribution in [0.1, 0.15) is 5.56 Å². The average molecular weight is 252 g/mol. The second kappa shape index (κ2) is 5.09. The van der Waals surface area contributed by atoms with Crippen molar-refractivity contribution in [1.29, 1.82) is 0 Å². The Balaban J connectivity index is 2.75. The molecule has 17 heavy (non-hydrogen) atoms. The van der Waals surface area contributed by atoms with Gasteiger partial charge >= 0.3 is 6.18 Å². The van der Waals surface area contributed by atoms with Gasteiger partial charge in [-0.25, -0.2) is 4.39 Å². The number of nitro groups is 1. The minimum Gasteiger partial charge on any atom is -0.304 e. The first-order chi connectivity index (χ1) is 7.79. The fourth-order valence-electron chi connectivity index (χ4n) is 1.21. The molecule has 0 spiro atoms. The van der Waals surface area contributed by atoms with Gasteiger partial charge in [0.2, 0.25) is 0 Å². The zero-order valence-electron chi connectivity index (χ0n) is 8.42. The summed E-state index contributed by atoms with van der Waals surface area (Å²) in [6.07, 6.45) is -4.41. The van der Waals surface area contributed by atoms with E-state index < -0.39 is 35.7 Å². The number of hydrogen-bond donors (Lipinski definition) is 1. The molecular weight excluding hydrogens is 244 g/mol. The third-order valence-electron chi connectivity index (χ3n) is 1.88. The molecule has 0 saturated heterocycles. The highest BCUT2D eigenvalue weighted by Gasteiger charge is 2.26. The molecule has 4 nitrogen and oxygen atoms in total. The third-order valence-corrected chi connectivity index (χ3v) is 1.88. The molecule has 0 atom stereocenters. The number of nitrogens with zero attached hydrogens (tertiary/aromatic N) is 1. The van der Waals surface area contributed by atoms with E-state index >= 15 is 0 Å². The fourth-order valence-corrected chi connectivity index (χ4v) is 1.21. The lowest BCUT2D eigenvalue weighted by molar-refractivity contribution is -0.385. The van der Waals surface area contributed by atoms with E-state index in [4.69, 9.17) is 0 Å². The summed E-state index contributed by atoms with van der Waals surface area (Å²) in [6.45, 7) is -1.71. The molecule has 1 aromatic carbocycles. The average Bonchev–Trinajstić information content (AvgIpc) is 2.15. The Labute approximate surface area is 93.4 Å². The van der Waals surface area contributed by atoms with Gasteiger partial charge in [-0.05, 0) is 12.1 Å². The molecule has 0 aliphatic heterocycles. The Morgan fingerprint density at radius 3 is 2.53 bits per heavy atom. The summed E-state index contributed by atoms with van der Waals surface area (Å²) in [4.78, 5) is 9.75. The van der Waals surface area contributed by atoms with Crippen molar-refractivity contribution >= 4 is 5.69 Å². The van der Waals surface area contributed by atoms with Gasteiger partial charge in [0.1, 0.15) is 5.82 Å². The summed E-state index contributed by atoms with van der Waals surface area (Å²) in [6, 6.07) is 2.63. The first kappa shape index (κ1) is 13.4. The van der Waals surface area contributed by atoms with Gasteiger partial charge in [0.05, 0.1) is 11.5 Å². The van der Waals surface area contributed by atoms with Crippen molar-refractivity contribution in [3.8, 4) is 0 Å². The normalized spacial score (nSPS) is 11.5. The van der Waals surface area contributed by atoms with Crippen LogP contribution in [0, 0.1) is 15.9 Å². The van der Waals surface area contributed by atoms with Gasteiger partial charge in [-0.1, -0.05) is 0 Å². The van der Waals surface area contributed by atoms with Crippen LogP contribution in [0.3, 0.4) is 0 Å². The molecular formula is C9H8F4N2O2. The van der Waals surface area contributed by atoms with E-state index in [9.17, 15) is 27.7 Å². The van der Waals surface area contributed by atoms with Crippen molar-refractivity contribution in [2.24, 2.45) is 0 Å². The van der Waals surface area contributed by atoms with E-state index in [-0.39, 0.29) is 5.56 Å². The lowest BCUT2D eigenvalue weighted by Crippen LogP contribution is -2.28. The smallest absolute Gasteiger partial charge is 0.304 e. The van der Waals surface area contributed by atoms with Crippen molar-refractivity contribution in [3.63, 3.8) is 0 Å². The van der Waals surface area contributed by atoms with E-state index in [1.165, 1.54) is 0 Å². The summed E-state index contributed by atoms with van der Waals surface area (Å²) < 4.78 is 48.3. The van der Waals surface area contributed by atoms with Crippen LogP contribution in [0.15, 0.2) is 18.2 Å². The molecule has 1 rings (SSSR count). The number of rotatable bonds is 4. The van der Waals surface area contributed by atoms with Crippen LogP contribution in [0.5, 0.6) is 0 Å². The Kier molecular flexibility index (Phi) is 4.00. The second-order valence-corrected chi connectivity index (χ2v) is 3.25. The zero-order chi connectivity index (χ0) is 13.1. The number of nitro benzene ring substituents is 1. The zero-order valence-corrected chi connectivity index (χ0v) is 8.42. The van der Waals surface area contributed by atoms with Gasteiger partial charge in [-0.3, -0.25) is 10.1 Å². The largest absolute Gasteiger partial charge is 0.401 e. The summed E-state index contributed by atoms with van der Waals surface area (Å²) in [5, 5.41) is 12.5. The highest BCUT2D eigenvalue weighted by molar-refractivity contribution is 5.40.